The van der Waals surface area contributed by atoms with Crippen LogP contribution in [-0.4, -0.2) is 23.8 Å². The lowest BCUT2D eigenvalue weighted by Gasteiger charge is -2.26. The van der Waals surface area contributed by atoms with Crippen molar-refractivity contribution in [3.8, 4) is 0 Å². The number of carbonyl (C=O) groups excluding carboxylic acids is 1. The largest absolute Gasteiger partial charge is 0.305 e. The normalized spacial score (nSPS) is 19.6. The molecule has 4 rings (SSSR count). The van der Waals surface area contributed by atoms with Crippen molar-refractivity contribution in [2.75, 3.05) is 6.54 Å². The van der Waals surface area contributed by atoms with E-state index >= 15 is 4.39 Å². The smallest absolute Gasteiger partial charge is 0.196 e. The fourth-order valence-corrected chi connectivity index (χ4v) is 6.27. The van der Waals surface area contributed by atoms with Crippen LogP contribution in [-0.2, 0) is 0 Å². The number of Topliss-reactive ketones (excluding diaryl/α,β-unsaturated/α-hetero) is 1. The van der Waals surface area contributed by atoms with Gasteiger partial charge in [-0.3, -0.25) is 9.79 Å². The van der Waals surface area contributed by atoms with Crippen LogP contribution >= 0.6 is 0 Å². The van der Waals surface area contributed by atoms with Gasteiger partial charge in [0.25, 0.3) is 0 Å². The molecule has 1 aromatic rings. The van der Waals surface area contributed by atoms with E-state index in [0.717, 1.165) is 49.0 Å². The summed E-state index contributed by atoms with van der Waals surface area (Å²) in [5.41, 5.74) is 5.43. The van der Waals surface area contributed by atoms with Crippen molar-refractivity contribution >= 4 is 17.2 Å². The van der Waals surface area contributed by atoms with Gasteiger partial charge in [0, 0.05) is 29.0 Å². The van der Waals surface area contributed by atoms with Gasteiger partial charge < -0.3 is 5.41 Å². The molecule has 3 aliphatic carbocycles. The Balaban J connectivity index is 1.54. The first-order chi connectivity index (χ1) is 19.7. The molecule has 3 aliphatic rings. The van der Waals surface area contributed by atoms with Gasteiger partial charge in [-0.05, 0) is 87.7 Å². The van der Waals surface area contributed by atoms with Gasteiger partial charge in [0.2, 0.25) is 0 Å². The van der Waals surface area contributed by atoms with Gasteiger partial charge in [-0.2, -0.15) is 0 Å². The van der Waals surface area contributed by atoms with Crippen molar-refractivity contribution in [3.05, 3.63) is 93.9 Å². The maximum atomic E-state index is 15.8. The van der Waals surface area contributed by atoms with E-state index in [2.05, 4.69) is 39.8 Å². The number of carbonyl (C=O) groups is 1. The molecule has 3 nitrogen and oxygen atoms in total. The molecular formula is C37H47FN2O. The van der Waals surface area contributed by atoms with Crippen LogP contribution in [0.5, 0.6) is 0 Å². The quantitative estimate of drug-likeness (QED) is 0.119. The molecule has 218 valence electrons. The molecular weight excluding hydrogens is 507 g/mol. The summed E-state index contributed by atoms with van der Waals surface area (Å²) in [6.07, 6.45) is 23.1. The Morgan fingerprint density at radius 1 is 1.15 bits per heavy atom. The Kier molecular flexibility index (Phi) is 10.6. The summed E-state index contributed by atoms with van der Waals surface area (Å²) >= 11 is 0. The van der Waals surface area contributed by atoms with E-state index in [4.69, 9.17) is 10.4 Å². The number of nitrogens with zero attached hydrogens (tertiary/aromatic N) is 1. The van der Waals surface area contributed by atoms with Crippen LogP contribution in [0.1, 0.15) is 114 Å². The molecule has 1 unspecified atom stereocenters. The fraction of sp³-hybridized carbons (Fsp3) is 0.486. The maximum absolute atomic E-state index is 15.8. The fourth-order valence-electron chi connectivity index (χ4n) is 6.27. The molecule has 0 radical (unpaired) electrons. The first-order valence-electron chi connectivity index (χ1n) is 15.6. The maximum Gasteiger partial charge on any atom is 0.196 e. The van der Waals surface area contributed by atoms with Crippen LogP contribution in [0.4, 0.5) is 4.39 Å². The first-order valence-corrected chi connectivity index (χ1v) is 15.6. The highest BCUT2D eigenvalue weighted by Gasteiger charge is 2.30. The summed E-state index contributed by atoms with van der Waals surface area (Å²) in [5, 5.41) is 8.58. The Hall–Kier alpha value is -3.14. The van der Waals surface area contributed by atoms with Crippen LogP contribution in [0, 0.1) is 22.6 Å². The number of ketones is 1. The molecule has 1 fully saturated rings. The van der Waals surface area contributed by atoms with Gasteiger partial charge in [-0.25, -0.2) is 4.39 Å². The summed E-state index contributed by atoms with van der Waals surface area (Å²) in [6.45, 7) is 9.67. The van der Waals surface area contributed by atoms with E-state index in [-0.39, 0.29) is 28.0 Å². The molecule has 4 heteroatoms. The Bertz CT molecular complexity index is 1330. The minimum Gasteiger partial charge on any atom is -0.305 e. The molecule has 0 amide bonds. The summed E-state index contributed by atoms with van der Waals surface area (Å²) < 4.78 is 15.8. The third kappa shape index (κ3) is 7.99. The second-order valence-corrected chi connectivity index (χ2v) is 12.8. The second kappa shape index (κ2) is 14.2. The van der Waals surface area contributed by atoms with Crippen LogP contribution in [0.3, 0.4) is 0 Å². The van der Waals surface area contributed by atoms with E-state index in [1.165, 1.54) is 31.3 Å². The highest BCUT2D eigenvalue weighted by Crippen LogP contribution is 2.35. The number of allylic oxidation sites excluding steroid dienone is 10. The van der Waals surface area contributed by atoms with Gasteiger partial charge in [-0.1, -0.05) is 87.8 Å². The van der Waals surface area contributed by atoms with Gasteiger partial charge in [0.1, 0.15) is 5.82 Å². The number of hydrogen-bond donors (Lipinski definition) is 1. The van der Waals surface area contributed by atoms with Gasteiger partial charge >= 0.3 is 0 Å². The van der Waals surface area contributed by atoms with Crippen LogP contribution < -0.4 is 0 Å². The average molecular weight is 555 g/mol. The Morgan fingerprint density at radius 2 is 1.90 bits per heavy atom. The van der Waals surface area contributed by atoms with E-state index in [1.54, 1.807) is 18.2 Å². The van der Waals surface area contributed by atoms with Crippen molar-refractivity contribution < 1.29 is 9.18 Å². The first kappa shape index (κ1) is 30.8. The van der Waals surface area contributed by atoms with Crippen molar-refractivity contribution in [2.45, 2.75) is 98.3 Å². The number of rotatable bonds is 12. The zero-order valence-corrected chi connectivity index (χ0v) is 25.5. The lowest BCUT2D eigenvalue weighted by atomic mass is 9.82. The minimum atomic E-state index is -0.582. The minimum absolute atomic E-state index is 0.0377. The monoisotopic (exact) mass is 554 g/mol. The molecule has 0 aromatic heterocycles. The predicted molar refractivity (Wildman–Crippen MR) is 171 cm³/mol. The standard InChI is InChI=1S/C37H47FN2O/c1-5-26(2)24-37(3,4)25-40-33-21-8-6-7-17-28-22-23-30(34(28)33)36(41)31-19-13-18-29(35(31)38)32(39)20-12-11-16-27-14-9-10-15-27/h6-8,13,16,18-19,21,23,26,39H,5,9-12,14-15,17,20,22,24-25H2,1-4H3/b7-6?,21-8-,39-32?,40-33?. The van der Waals surface area contributed by atoms with Gasteiger partial charge in [0.05, 0.1) is 11.3 Å². The highest BCUT2D eigenvalue weighted by atomic mass is 19.1. The number of benzene rings is 1. The van der Waals surface area contributed by atoms with Gasteiger partial charge in [0.15, 0.2) is 5.78 Å². The summed E-state index contributed by atoms with van der Waals surface area (Å²) in [6, 6.07) is 4.90. The van der Waals surface area contributed by atoms with Crippen LogP contribution in [0.25, 0.3) is 0 Å². The number of halogens is 1. The molecule has 0 aliphatic heterocycles. The Labute approximate surface area is 246 Å². The molecule has 0 spiro atoms. The Morgan fingerprint density at radius 3 is 2.66 bits per heavy atom. The van der Waals surface area contributed by atoms with Crippen LogP contribution in [0.15, 0.2) is 81.9 Å². The van der Waals surface area contributed by atoms with Crippen molar-refractivity contribution in [2.24, 2.45) is 16.3 Å². The number of nitrogens with one attached hydrogen (secondary N) is 1. The third-order valence-electron chi connectivity index (χ3n) is 8.70. The lowest BCUT2D eigenvalue weighted by Crippen LogP contribution is -2.21. The number of unbranched alkanes of at least 4 members (excludes halogenated alkanes) is 1. The molecule has 1 saturated carbocycles. The topological polar surface area (TPSA) is 53.3 Å². The predicted octanol–water partition coefficient (Wildman–Crippen LogP) is 10.1. The van der Waals surface area contributed by atoms with Crippen molar-refractivity contribution in [3.63, 3.8) is 0 Å². The summed E-state index contributed by atoms with van der Waals surface area (Å²) in [5.74, 6) is -0.281. The van der Waals surface area contributed by atoms with Crippen molar-refractivity contribution in [1.29, 1.82) is 5.41 Å². The molecule has 41 heavy (non-hydrogen) atoms. The SMILES string of the molecule is CCC(C)CC(C)(C)CN=C1/C=C\C=CCC2=C1C(C(=O)c1cccc(C(=N)CCCC=C3CCCC3)c1F)=CC2. The average Bonchev–Trinajstić information content (AvgIpc) is 3.60. The van der Waals surface area contributed by atoms with Gasteiger partial charge in [-0.15, -0.1) is 0 Å². The molecule has 0 saturated heterocycles. The number of hydrogen-bond acceptors (Lipinski definition) is 3. The second-order valence-electron chi connectivity index (χ2n) is 12.8. The summed E-state index contributed by atoms with van der Waals surface area (Å²) in [4.78, 5) is 19.0. The molecule has 1 atom stereocenters. The lowest BCUT2D eigenvalue weighted by molar-refractivity contribution is 0.103. The number of aliphatic imine (C=N–C) groups is 1. The molecule has 0 bridgehead atoms. The van der Waals surface area contributed by atoms with E-state index in [9.17, 15) is 4.79 Å². The third-order valence-corrected chi connectivity index (χ3v) is 8.70. The zero-order valence-electron chi connectivity index (χ0n) is 25.5. The zero-order chi connectivity index (χ0) is 29.4. The molecule has 1 aromatic carbocycles. The summed E-state index contributed by atoms with van der Waals surface area (Å²) in [7, 11) is 0. The molecule has 0 heterocycles. The van der Waals surface area contributed by atoms with E-state index < -0.39 is 5.82 Å². The van der Waals surface area contributed by atoms with Crippen LogP contribution in [0.2, 0.25) is 0 Å². The van der Waals surface area contributed by atoms with Crippen molar-refractivity contribution in [1.82, 2.24) is 0 Å². The highest BCUT2D eigenvalue weighted by molar-refractivity contribution is 6.24. The van der Waals surface area contributed by atoms with E-state index in [0.29, 0.717) is 30.9 Å². The molecule has 1 N–H and O–H groups in total. The van der Waals surface area contributed by atoms with E-state index in [1.807, 2.05) is 24.3 Å².